The number of ether oxygens (including phenoxy) is 2. The smallest absolute Gasteiger partial charge is 0.161 e. The number of rotatable bonds is 7. The van der Waals surface area contributed by atoms with Crippen LogP contribution in [0.15, 0.2) is 53.4 Å². The first-order valence-corrected chi connectivity index (χ1v) is 7.49. The first-order valence-electron chi connectivity index (χ1n) is 6.51. The number of benzene rings is 2. The van der Waals surface area contributed by atoms with Gasteiger partial charge in [0.05, 0.1) is 13.7 Å². The van der Waals surface area contributed by atoms with E-state index < -0.39 is 0 Å². The van der Waals surface area contributed by atoms with Crippen molar-refractivity contribution in [3.63, 3.8) is 0 Å². The molecule has 0 bridgehead atoms. The van der Waals surface area contributed by atoms with Crippen molar-refractivity contribution in [2.24, 2.45) is 5.73 Å². The van der Waals surface area contributed by atoms with Crippen molar-refractivity contribution in [2.75, 3.05) is 19.5 Å². The van der Waals surface area contributed by atoms with Gasteiger partial charge in [0.25, 0.3) is 0 Å². The number of hydrogen-bond donors (Lipinski definition) is 1. The van der Waals surface area contributed by atoms with E-state index >= 15 is 0 Å². The third kappa shape index (κ3) is 4.18. The summed E-state index contributed by atoms with van der Waals surface area (Å²) in [5, 5.41) is 0. The highest BCUT2D eigenvalue weighted by Crippen LogP contribution is 2.26. The van der Waals surface area contributed by atoms with Gasteiger partial charge < -0.3 is 15.2 Å². The van der Waals surface area contributed by atoms with Crippen molar-refractivity contribution in [3.05, 3.63) is 54.1 Å². The average Bonchev–Trinajstić information content (AvgIpc) is 2.52. The van der Waals surface area contributed by atoms with Gasteiger partial charge in [0.2, 0.25) is 0 Å². The summed E-state index contributed by atoms with van der Waals surface area (Å²) < 4.78 is 11.0. The van der Waals surface area contributed by atoms with Crippen molar-refractivity contribution in [3.8, 4) is 11.5 Å². The zero-order valence-electron chi connectivity index (χ0n) is 11.5. The second-order valence-electron chi connectivity index (χ2n) is 4.20. The molecule has 0 unspecified atom stereocenters. The fourth-order valence-corrected chi connectivity index (χ4v) is 2.50. The third-order valence-corrected chi connectivity index (χ3v) is 3.81. The Labute approximate surface area is 124 Å². The Kier molecular flexibility index (Phi) is 5.77. The zero-order chi connectivity index (χ0) is 14.2. The molecule has 2 aromatic rings. The Balaban J connectivity index is 1.78. The average molecular weight is 289 g/mol. The molecule has 4 heteroatoms. The lowest BCUT2D eigenvalue weighted by Crippen LogP contribution is -2.01. The lowest BCUT2D eigenvalue weighted by molar-refractivity contribution is 0.313. The standard InChI is InChI=1S/C16H19NO2S/c1-18-15-4-2-3-5-16(15)19-10-11-20-14-8-6-13(12-17)7-9-14/h2-9H,10-12,17H2,1H3. The monoisotopic (exact) mass is 289 g/mol. The summed E-state index contributed by atoms with van der Waals surface area (Å²) >= 11 is 1.77. The Bertz CT molecular complexity index is 528. The Morgan fingerprint density at radius 3 is 2.35 bits per heavy atom. The number of para-hydroxylation sites is 2. The van der Waals surface area contributed by atoms with Crippen LogP contribution in [0.2, 0.25) is 0 Å². The number of nitrogens with two attached hydrogens (primary N) is 1. The van der Waals surface area contributed by atoms with Gasteiger partial charge in [-0.1, -0.05) is 24.3 Å². The van der Waals surface area contributed by atoms with Crippen LogP contribution in [0.4, 0.5) is 0 Å². The zero-order valence-corrected chi connectivity index (χ0v) is 12.4. The summed E-state index contributed by atoms with van der Waals surface area (Å²) in [6, 6.07) is 16.0. The van der Waals surface area contributed by atoms with Gasteiger partial charge in [-0.05, 0) is 29.8 Å². The normalized spacial score (nSPS) is 10.3. The molecule has 0 aliphatic rings. The van der Waals surface area contributed by atoms with Crippen LogP contribution in [0, 0.1) is 0 Å². The highest BCUT2D eigenvalue weighted by atomic mass is 32.2. The van der Waals surface area contributed by atoms with Crippen LogP contribution in [-0.4, -0.2) is 19.5 Å². The number of thioether (sulfide) groups is 1. The van der Waals surface area contributed by atoms with E-state index in [9.17, 15) is 0 Å². The first kappa shape index (κ1) is 14.8. The van der Waals surface area contributed by atoms with Gasteiger partial charge in [-0.15, -0.1) is 11.8 Å². The predicted molar refractivity (Wildman–Crippen MR) is 83.5 cm³/mol. The minimum Gasteiger partial charge on any atom is -0.493 e. The Morgan fingerprint density at radius 2 is 1.70 bits per heavy atom. The molecule has 106 valence electrons. The number of hydrogen-bond acceptors (Lipinski definition) is 4. The predicted octanol–water partition coefficient (Wildman–Crippen LogP) is 3.33. The van der Waals surface area contributed by atoms with E-state index in [4.69, 9.17) is 15.2 Å². The molecule has 0 saturated carbocycles. The molecule has 0 fully saturated rings. The van der Waals surface area contributed by atoms with Crippen LogP contribution in [0.5, 0.6) is 11.5 Å². The largest absolute Gasteiger partial charge is 0.493 e. The molecule has 0 atom stereocenters. The molecule has 0 saturated heterocycles. The van der Waals surface area contributed by atoms with Crippen LogP contribution >= 0.6 is 11.8 Å². The van der Waals surface area contributed by atoms with Gasteiger partial charge in [0, 0.05) is 17.2 Å². The molecule has 2 N–H and O–H groups in total. The van der Waals surface area contributed by atoms with Crippen molar-refractivity contribution < 1.29 is 9.47 Å². The molecule has 20 heavy (non-hydrogen) atoms. The van der Waals surface area contributed by atoms with E-state index in [1.165, 1.54) is 4.90 Å². The molecule has 0 amide bonds. The Hall–Kier alpha value is -1.65. The fraction of sp³-hybridized carbons (Fsp3) is 0.250. The van der Waals surface area contributed by atoms with E-state index in [-0.39, 0.29) is 0 Å². The van der Waals surface area contributed by atoms with Crippen LogP contribution < -0.4 is 15.2 Å². The maximum Gasteiger partial charge on any atom is 0.161 e. The van der Waals surface area contributed by atoms with Crippen molar-refractivity contribution in [1.29, 1.82) is 0 Å². The maximum absolute atomic E-state index is 5.73. The highest BCUT2D eigenvalue weighted by Gasteiger charge is 2.02. The highest BCUT2D eigenvalue weighted by molar-refractivity contribution is 7.99. The molecule has 2 aromatic carbocycles. The minimum atomic E-state index is 0.585. The van der Waals surface area contributed by atoms with Crippen molar-refractivity contribution in [1.82, 2.24) is 0 Å². The van der Waals surface area contributed by atoms with Crippen molar-refractivity contribution >= 4 is 11.8 Å². The lowest BCUT2D eigenvalue weighted by atomic mass is 10.2. The third-order valence-electron chi connectivity index (χ3n) is 2.84. The molecule has 3 nitrogen and oxygen atoms in total. The molecule has 0 spiro atoms. The first-order chi connectivity index (χ1) is 9.83. The molecular weight excluding hydrogens is 270 g/mol. The summed E-state index contributed by atoms with van der Waals surface area (Å²) in [7, 11) is 1.65. The van der Waals surface area contributed by atoms with E-state index in [2.05, 4.69) is 24.3 Å². The van der Waals surface area contributed by atoms with Gasteiger partial charge in [-0.3, -0.25) is 0 Å². The molecule has 2 rings (SSSR count). The molecular formula is C16H19NO2S. The molecule has 0 radical (unpaired) electrons. The van der Waals surface area contributed by atoms with Crippen LogP contribution in [-0.2, 0) is 6.54 Å². The van der Waals surface area contributed by atoms with Crippen molar-refractivity contribution in [2.45, 2.75) is 11.4 Å². The second kappa shape index (κ2) is 7.82. The topological polar surface area (TPSA) is 44.5 Å². The second-order valence-corrected chi connectivity index (χ2v) is 5.36. The minimum absolute atomic E-state index is 0.585. The van der Waals surface area contributed by atoms with E-state index in [1.807, 2.05) is 24.3 Å². The summed E-state index contributed by atoms with van der Waals surface area (Å²) in [5.41, 5.74) is 6.73. The van der Waals surface area contributed by atoms with E-state index in [1.54, 1.807) is 18.9 Å². The summed E-state index contributed by atoms with van der Waals surface area (Å²) in [6.45, 7) is 1.23. The van der Waals surface area contributed by atoms with Crippen LogP contribution in [0.25, 0.3) is 0 Å². The molecule has 0 aromatic heterocycles. The maximum atomic E-state index is 5.73. The fourth-order valence-electron chi connectivity index (χ4n) is 1.77. The van der Waals surface area contributed by atoms with E-state index in [0.29, 0.717) is 13.2 Å². The quantitative estimate of drug-likeness (QED) is 0.627. The van der Waals surface area contributed by atoms with Gasteiger partial charge in [0.15, 0.2) is 11.5 Å². The van der Waals surface area contributed by atoms with Gasteiger partial charge >= 0.3 is 0 Å². The molecule has 0 aliphatic heterocycles. The SMILES string of the molecule is COc1ccccc1OCCSc1ccc(CN)cc1. The van der Waals surface area contributed by atoms with Crippen LogP contribution in [0.3, 0.4) is 0 Å². The molecule has 0 aliphatic carbocycles. The summed E-state index contributed by atoms with van der Waals surface area (Å²) in [5.74, 6) is 2.44. The van der Waals surface area contributed by atoms with Gasteiger partial charge in [-0.25, -0.2) is 0 Å². The van der Waals surface area contributed by atoms with Gasteiger partial charge in [-0.2, -0.15) is 0 Å². The molecule has 0 heterocycles. The lowest BCUT2D eigenvalue weighted by Gasteiger charge is -2.10. The Morgan fingerprint density at radius 1 is 1.00 bits per heavy atom. The van der Waals surface area contributed by atoms with Crippen LogP contribution in [0.1, 0.15) is 5.56 Å². The summed E-state index contributed by atoms with van der Waals surface area (Å²) in [6.07, 6.45) is 0. The van der Waals surface area contributed by atoms with E-state index in [0.717, 1.165) is 22.8 Å². The van der Waals surface area contributed by atoms with Gasteiger partial charge in [0.1, 0.15) is 0 Å². The summed E-state index contributed by atoms with van der Waals surface area (Å²) in [4.78, 5) is 1.23. The number of methoxy groups -OCH3 is 1.